The molecule has 2 heteroatoms. The van der Waals surface area contributed by atoms with Crippen molar-refractivity contribution in [3.63, 3.8) is 0 Å². The van der Waals surface area contributed by atoms with E-state index in [1.807, 2.05) is 18.5 Å². The highest BCUT2D eigenvalue weighted by Crippen LogP contribution is 2.43. The molecule has 0 N–H and O–H groups in total. The largest absolute Gasteiger partial charge is 0.283 e. The average Bonchev–Trinajstić information content (AvgIpc) is 3.01. The Labute approximate surface area is 106 Å². The highest BCUT2D eigenvalue weighted by molar-refractivity contribution is 5.89. The van der Waals surface area contributed by atoms with Gasteiger partial charge in [-0.1, -0.05) is 42.5 Å². The predicted molar refractivity (Wildman–Crippen MR) is 74.1 cm³/mol. The van der Waals surface area contributed by atoms with Crippen LogP contribution in [-0.4, -0.2) is 12.4 Å². The van der Waals surface area contributed by atoms with E-state index in [0.29, 0.717) is 0 Å². The van der Waals surface area contributed by atoms with Crippen LogP contribution in [0.4, 0.5) is 5.69 Å². The van der Waals surface area contributed by atoms with Crippen LogP contribution >= 0.6 is 0 Å². The fourth-order valence-corrected chi connectivity index (χ4v) is 2.80. The minimum Gasteiger partial charge on any atom is -0.283 e. The lowest BCUT2D eigenvalue weighted by atomic mass is 9.89. The molecule has 2 nitrogen and oxygen atoms in total. The van der Waals surface area contributed by atoms with Gasteiger partial charge in [0, 0.05) is 18.3 Å². The Bertz CT molecular complexity index is 611. The second-order valence-corrected chi connectivity index (χ2v) is 4.71. The molecular formula is C16H12N2. The summed E-state index contributed by atoms with van der Waals surface area (Å²) in [6, 6.07) is 16.9. The van der Waals surface area contributed by atoms with E-state index in [2.05, 4.69) is 52.4 Å². The van der Waals surface area contributed by atoms with Crippen LogP contribution < -0.4 is 0 Å². The first kappa shape index (κ1) is 9.77. The molecule has 86 valence electrons. The fourth-order valence-electron chi connectivity index (χ4n) is 2.80. The molecule has 0 fully saturated rings. The van der Waals surface area contributed by atoms with Gasteiger partial charge < -0.3 is 0 Å². The van der Waals surface area contributed by atoms with E-state index in [1.165, 1.54) is 16.7 Å². The third-order valence-electron chi connectivity index (χ3n) is 3.70. The predicted octanol–water partition coefficient (Wildman–Crippen LogP) is 3.66. The van der Waals surface area contributed by atoms with Gasteiger partial charge in [-0.3, -0.25) is 9.98 Å². The van der Waals surface area contributed by atoms with Crippen molar-refractivity contribution in [3.8, 4) is 0 Å². The molecule has 0 aromatic heterocycles. The lowest BCUT2D eigenvalue weighted by molar-refractivity contribution is 0.708. The van der Waals surface area contributed by atoms with Crippen LogP contribution in [0.2, 0.25) is 0 Å². The van der Waals surface area contributed by atoms with Gasteiger partial charge in [0.15, 0.2) is 0 Å². The molecule has 18 heavy (non-hydrogen) atoms. The van der Waals surface area contributed by atoms with Crippen molar-refractivity contribution in [2.45, 2.75) is 12.0 Å². The van der Waals surface area contributed by atoms with Gasteiger partial charge in [0.1, 0.15) is 0 Å². The Morgan fingerprint density at radius 3 is 2.56 bits per heavy atom. The Morgan fingerprint density at radius 2 is 1.61 bits per heavy atom. The molecule has 0 spiro atoms. The summed E-state index contributed by atoms with van der Waals surface area (Å²) in [4.78, 5) is 9.17. The SMILES string of the molecule is C1=Nc2ccccc2C1C1N=Cc2ccccc21. The summed E-state index contributed by atoms with van der Waals surface area (Å²) in [5, 5.41) is 0. The number of aliphatic imine (C=N–C) groups is 2. The number of rotatable bonds is 1. The van der Waals surface area contributed by atoms with Crippen LogP contribution in [0.5, 0.6) is 0 Å². The number of hydrogen-bond acceptors (Lipinski definition) is 2. The minimum atomic E-state index is 0.189. The lowest BCUT2D eigenvalue weighted by Gasteiger charge is -2.16. The zero-order chi connectivity index (χ0) is 11.9. The molecule has 4 rings (SSSR count). The number of benzene rings is 2. The van der Waals surface area contributed by atoms with Gasteiger partial charge in [-0.05, 0) is 22.8 Å². The van der Waals surface area contributed by atoms with Crippen molar-refractivity contribution in [3.05, 3.63) is 65.2 Å². The molecule has 0 saturated carbocycles. The van der Waals surface area contributed by atoms with Gasteiger partial charge in [-0.2, -0.15) is 0 Å². The Balaban J connectivity index is 1.80. The molecule has 0 bridgehead atoms. The van der Waals surface area contributed by atoms with Crippen LogP contribution in [0.3, 0.4) is 0 Å². The quantitative estimate of drug-likeness (QED) is 0.717. The molecule has 2 heterocycles. The summed E-state index contributed by atoms with van der Waals surface area (Å²) in [5.41, 5.74) is 4.92. The summed E-state index contributed by atoms with van der Waals surface area (Å²) >= 11 is 0. The number of fused-ring (bicyclic) bond motifs is 2. The normalized spacial score (nSPS) is 23.1. The van der Waals surface area contributed by atoms with Crippen molar-refractivity contribution in [1.29, 1.82) is 0 Å². The Kier molecular flexibility index (Phi) is 1.97. The van der Waals surface area contributed by atoms with Crippen LogP contribution in [0, 0.1) is 0 Å². The van der Waals surface area contributed by atoms with Crippen molar-refractivity contribution in [1.82, 2.24) is 0 Å². The first-order valence-corrected chi connectivity index (χ1v) is 6.19. The number of hydrogen-bond donors (Lipinski definition) is 0. The van der Waals surface area contributed by atoms with Crippen LogP contribution in [0.15, 0.2) is 58.5 Å². The van der Waals surface area contributed by atoms with Crippen LogP contribution in [-0.2, 0) is 0 Å². The number of nitrogens with zero attached hydrogens (tertiary/aromatic N) is 2. The van der Waals surface area contributed by atoms with Gasteiger partial charge in [0.2, 0.25) is 0 Å². The fraction of sp³-hybridized carbons (Fsp3) is 0.125. The minimum absolute atomic E-state index is 0.189. The summed E-state index contributed by atoms with van der Waals surface area (Å²) in [7, 11) is 0. The average molecular weight is 232 g/mol. The van der Waals surface area contributed by atoms with E-state index < -0.39 is 0 Å². The van der Waals surface area contributed by atoms with Gasteiger partial charge in [0.05, 0.1) is 11.7 Å². The first-order chi connectivity index (χ1) is 8.93. The van der Waals surface area contributed by atoms with Gasteiger partial charge in [0.25, 0.3) is 0 Å². The molecule has 2 atom stereocenters. The molecule has 0 aliphatic carbocycles. The third kappa shape index (κ3) is 1.29. The molecule has 2 unspecified atom stereocenters. The standard InChI is InChI=1S/C16H12N2/c1-2-6-12-11(5-1)9-18-16(12)14-10-17-15-8-4-3-7-13(14)15/h1-10,14,16H. The molecule has 2 aromatic rings. The maximum atomic E-state index is 4.67. The summed E-state index contributed by atoms with van der Waals surface area (Å²) in [5.74, 6) is 0.279. The van der Waals surface area contributed by atoms with Crippen LogP contribution in [0.25, 0.3) is 0 Å². The van der Waals surface area contributed by atoms with Crippen molar-refractivity contribution in [2.24, 2.45) is 9.98 Å². The zero-order valence-corrected chi connectivity index (χ0v) is 9.82. The summed E-state index contributed by atoms with van der Waals surface area (Å²) in [6.07, 6.45) is 4.02. The Hall–Kier alpha value is -2.22. The van der Waals surface area contributed by atoms with E-state index >= 15 is 0 Å². The summed E-state index contributed by atoms with van der Waals surface area (Å²) < 4.78 is 0. The van der Waals surface area contributed by atoms with Crippen molar-refractivity contribution in [2.75, 3.05) is 0 Å². The summed E-state index contributed by atoms with van der Waals surface area (Å²) in [6.45, 7) is 0. The van der Waals surface area contributed by atoms with Crippen LogP contribution in [0.1, 0.15) is 28.7 Å². The van der Waals surface area contributed by atoms with Crippen molar-refractivity contribution >= 4 is 18.1 Å². The monoisotopic (exact) mass is 232 g/mol. The van der Waals surface area contributed by atoms with Gasteiger partial charge in [-0.15, -0.1) is 0 Å². The van der Waals surface area contributed by atoms with E-state index in [0.717, 1.165) is 5.69 Å². The highest BCUT2D eigenvalue weighted by Gasteiger charge is 2.31. The molecular weight excluding hydrogens is 220 g/mol. The van der Waals surface area contributed by atoms with E-state index in [-0.39, 0.29) is 12.0 Å². The zero-order valence-electron chi connectivity index (χ0n) is 9.82. The second kappa shape index (κ2) is 3.64. The molecule has 0 radical (unpaired) electrons. The van der Waals surface area contributed by atoms with Gasteiger partial charge >= 0.3 is 0 Å². The third-order valence-corrected chi connectivity index (χ3v) is 3.70. The maximum absolute atomic E-state index is 4.67. The molecule has 2 aliphatic rings. The molecule has 0 amide bonds. The van der Waals surface area contributed by atoms with Crippen molar-refractivity contribution < 1.29 is 0 Å². The molecule has 0 saturated heterocycles. The van der Waals surface area contributed by atoms with E-state index in [9.17, 15) is 0 Å². The maximum Gasteiger partial charge on any atom is 0.0874 e. The van der Waals surface area contributed by atoms with E-state index in [4.69, 9.17) is 0 Å². The molecule has 2 aliphatic heterocycles. The number of para-hydroxylation sites is 1. The topological polar surface area (TPSA) is 24.7 Å². The molecule has 2 aromatic carbocycles. The van der Waals surface area contributed by atoms with E-state index in [1.54, 1.807) is 0 Å². The Morgan fingerprint density at radius 1 is 0.833 bits per heavy atom. The highest BCUT2D eigenvalue weighted by atomic mass is 14.9. The smallest absolute Gasteiger partial charge is 0.0874 e. The second-order valence-electron chi connectivity index (χ2n) is 4.71. The lowest BCUT2D eigenvalue weighted by Crippen LogP contribution is -2.06. The van der Waals surface area contributed by atoms with Gasteiger partial charge in [-0.25, -0.2) is 0 Å². The first-order valence-electron chi connectivity index (χ1n) is 6.19.